The zero-order valence-electron chi connectivity index (χ0n) is 27.4. The normalized spacial score (nSPS) is 10.9. The molecule has 7 N–H and O–H groups in total. The summed E-state index contributed by atoms with van der Waals surface area (Å²) < 4.78 is 0. The maximum Gasteiger partial charge on any atom is 0.407 e. The molecule has 0 aromatic carbocycles. The Balaban J connectivity index is 2.05. The number of pyridine rings is 2. The van der Waals surface area contributed by atoms with Gasteiger partial charge in [-0.05, 0) is 31.2 Å². The highest BCUT2D eigenvalue weighted by atomic mass is 16.4. The van der Waals surface area contributed by atoms with Gasteiger partial charge in [0.25, 0.3) is 0 Å². The van der Waals surface area contributed by atoms with Crippen molar-refractivity contribution in [2.45, 2.75) is 26.6 Å². The van der Waals surface area contributed by atoms with Crippen LogP contribution in [0.1, 0.15) is 22.8 Å². The largest absolute Gasteiger partial charge is 0.480 e. The van der Waals surface area contributed by atoms with Gasteiger partial charge in [0, 0.05) is 58.1 Å². The second-order valence-corrected chi connectivity index (χ2v) is 11.1. The van der Waals surface area contributed by atoms with E-state index in [0.29, 0.717) is 11.4 Å². The summed E-state index contributed by atoms with van der Waals surface area (Å²) in [6.07, 6.45) is -5.16. The van der Waals surface area contributed by atoms with E-state index in [1.807, 2.05) is 0 Å². The standard InChI is InChI=1S/C30H42N8O12/c1-21-4-2-5-22(32-21)16-36(28(45)46)14-11-35(20-26(41)42)12-15-38(30(49)50)18-24-7-3-6-23(33-24)17-37(29(47)48)13-10-34(19-25(39)40)9-8-31-27(43)44/h2-7,31H,8-20H2,1H3,(H,39,40)(H,41,42)(H,43,44)(H,45,46)(H,47,48)(H,49,50). The first kappa shape index (κ1) is 40.4. The van der Waals surface area contributed by atoms with E-state index in [0.717, 1.165) is 14.7 Å². The lowest BCUT2D eigenvalue weighted by atomic mass is 10.2. The Kier molecular flexibility index (Phi) is 16.6. The molecule has 2 heterocycles. The van der Waals surface area contributed by atoms with Crippen LogP contribution in [0.15, 0.2) is 36.4 Å². The van der Waals surface area contributed by atoms with Gasteiger partial charge >= 0.3 is 36.3 Å². The summed E-state index contributed by atoms with van der Waals surface area (Å²) in [4.78, 5) is 83.9. The first-order chi connectivity index (χ1) is 23.6. The molecule has 274 valence electrons. The molecule has 0 fully saturated rings. The van der Waals surface area contributed by atoms with Gasteiger partial charge in [-0.25, -0.2) is 19.2 Å². The molecule has 0 spiro atoms. The monoisotopic (exact) mass is 706 g/mol. The number of hydrogen-bond acceptors (Lipinski definition) is 10. The minimum Gasteiger partial charge on any atom is -0.480 e. The molecular formula is C30H42N8O12. The summed E-state index contributed by atoms with van der Waals surface area (Å²) in [6.45, 7) is -0.0776. The molecule has 0 saturated carbocycles. The van der Waals surface area contributed by atoms with Gasteiger partial charge in [-0.2, -0.15) is 0 Å². The van der Waals surface area contributed by atoms with Crippen LogP contribution >= 0.6 is 0 Å². The van der Waals surface area contributed by atoms with Gasteiger partial charge in [0.1, 0.15) is 0 Å². The third kappa shape index (κ3) is 15.9. The van der Waals surface area contributed by atoms with Crippen LogP contribution in [-0.2, 0) is 29.2 Å². The number of hydrogen-bond donors (Lipinski definition) is 7. The quantitative estimate of drug-likeness (QED) is 0.0898. The fourth-order valence-corrected chi connectivity index (χ4v) is 4.74. The van der Waals surface area contributed by atoms with Gasteiger partial charge in [-0.1, -0.05) is 12.1 Å². The first-order valence-electron chi connectivity index (χ1n) is 15.3. The number of carboxylic acid groups (broad SMARTS) is 6. The molecule has 50 heavy (non-hydrogen) atoms. The minimum atomic E-state index is -1.33. The molecular weight excluding hydrogens is 664 g/mol. The molecule has 0 radical (unpaired) electrons. The molecule has 4 amide bonds. The lowest BCUT2D eigenvalue weighted by molar-refractivity contribution is -0.139. The van der Waals surface area contributed by atoms with Gasteiger partial charge in [-0.15, -0.1) is 0 Å². The first-order valence-corrected chi connectivity index (χ1v) is 15.3. The number of nitrogens with one attached hydrogen (secondary N) is 1. The second-order valence-electron chi connectivity index (χ2n) is 11.1. The van der Waals surface area contributed by atoms with Crippen molar-refractivity contribution in [3.8, 4) is 0 Å². The molecule has 20 nitrogen and oxygen atoms in total. The molecule has 2 aromatic rings. The third-order valence-corrected chi connectivity index (χ3v) is 7.16. The van der Waals surface area contributed by atoms with Gasteiger partial charge in [-0.3, -0.25) is 29.4 Å². The van der Waals surface area contributed by atoms with Crippen LogP contribution < -0.4 is 5.32 Å². The predicted octanol–water partition coefficient (Wildman–Crippen LogP) is 0.966. The molecule has 0 bridgehead atoms. The minimum absolute atomic E-state index is 0.00338. The summed E-state index contributed by atoms with van der Waals surface area (Å²) in [5.41, 5.74) is 1.77. The zero-order chi connectivity index (χ0) is 37.2. The average molecular weight is 707 g/mol. The number of rotatable bonds is 22. The van der Waals surface area contributed by atoms with E-state index in [2.05, 4.69) is 15.3 Å². The summed E-state index contributed by atoms with van der Waals surface area (Å²) in [7, 11) is 0. The van der Waals surface area contributed by atoms with Gasteiger partial charge < -0.3 is 50.7 Å². The fourth-order valence-electron chi connectivity index (χ4n) is 4.74. The van der Waals surface area contributed by atoms with Crippen molar-refractivity contribution in [2.75, 3.05) is 65.4 Å². The molecule has 0 atom stereocenters. The van der Waals surface area contributed by atoms with E-state index in [4.69, 9.17) is 10.2 Å². The number of nitrogens with zero attached hydrogens (tertiary/aromatic N) is 7. The van der Waals surface area contributed by atoms with Gasteiger partial charge in [0.2, 0.25) is 0 Å². The van der Waals surface area contributed by atoms with Crippen molar-refractivity contribution in [3.05, 3.63) is 59.2 Å². The van der Waals surface area contributed by atoms with E-state index in [9.17, 15) is 49.2 Å². The number of aliphatic carboxylic acids is 2. The van der Waals surface area contributed by atoms with Crippen molar-refractivity contribution < 1.29 is 59.4 Å². The van der Waals surface area contributed by atoms with E-state index in [1.54, 1.807) is 31.2 Å². The van der Waals surface area contributed by atoms with Crippen LogP contribution in [0.4, 0.5) is 19.2 Å². The smallest absolute Gasteiger partial charge is 0.407 e. The van der Waals surface area contributed by atoms with Crippen LogP contribution in [0.2, 0.25) is 0 Å². The number of carbonyl (C=O) groups is 6. The van der Waals surface area contributed by atoms with Crippen molar-refractivity contribution >= 4 is 36.3 Å². The second kappa shape index (κ2) is 20.6. The van der Waals surface area contributed by atoms with E-state index >= 15 is 0 Å². The number of amides is 4. The summed E-state index contributed by atoms with van der Waals surface area (Å²) >= 11 is 0. The highest BCUT2D eigenvalue weighted by Crippen LogP contribution is 2.09. The molecule has 0 aliphatic carbocycles. The van der Waals surface area contributed by atoms with Crippen molar-refractivity contribution in [1.82, 2.24) is 39.8 Å². The maximum absolute atomic E-state index is 12.1. The molecule has 0 aliphatic heterocycles. The van der Waals surface area contributed by atoms with Gasteiger partial charge in [0.15, 0.2) is 0 Å². The van der Waals surface area contributed by atoms with Crippen LogP contribution in [0.25, 0.3) is 0 Å². The SMILES string of the molecule is Cc1cccc(CN(CCN(CCN(Cc2cccc(CN(CCN(CCNC(=O)O)CC(=O)O)C(=O)O)n2)C(=O)O)CC(=O)O)C(=O)O)n1. The lowest BCUT2D eigenvalue weighted by Crippen LogP contribution is -2.43. The average Bonchev–Trinajstić information content (AvgIpc) is 3.01. The van der Waals surface area contributed by atoms with E-state index in [1.165, 1.54) is 21.9 Å². The van der Waals surface area contributed by atoms with Crippen molar-refractivity contribution in [3.63, 3.8) is 0 Å². The molecule has 0 saturated heterocycles. The zero-order valence-corrected chi connectivity index (χ0v) is 27.4. The summed E-state index contributed by atoms with van der Waals surface area (Å²) in [5.74, 6) is -2.36. The number of aryl methyl sites for hydroxylation is 1. The third-order valence-electron chi connectivity index (χ3n) is 7.16. The Bertz CT molecular complexity index is 1480. The molecule has 2 rings (SSSR count). The molecule has 2 aromatic heterocycles. The molecule has 20 heteroatoms. The van der Waals surface area contributed by atoms with Crippen molar-refractivity contribution in [1.29, 1.82) is 0 Å². The number of carboxylic acids is 2. The van der Waals surface area contributed by atoms with E-state index < -0.39 is 49.4 Å². The Morgan fingerprint density at radius 2 is 0.940 bits per heavy atom. The Morgan fingerprint density at radius 1 is 0.560 bits per heavy atom. The fraction of sp³-hybridized carbons (Fsp3) is 0.467. The highest BCUT2D eigenvalue weighted by molar-refractivity contribution is 5.70. The Morgan fingerprint density at radius 3 is 1.30 bits per heavy atom. The van der Waals surface area contributed by atoms with Crippen LogP contribution in [0.5, 0.6) is 0 Å². The van der Waals surface area contributed by atoms with Crippen LogP contribution in [0.3, 0.4) is 0 Å². The van der Waals surface area contributed by atoms with Gasteiger partial charge in [0.05, 0.1) is 49.8 Å². The molecule has 0 aliphatic rings. The maximum atomic E-state index is 12.1. The van der Waals surface area contributed by atoms with Crippen molar-refractivity contribution in [2.24, 2.45) is 0 Å². The summed E-state index contributed by atoms with van der Waals surface area (Å²) in [6, 6.07) is 9.81. The Labute approximate surface area is 286 Å². The summed E-state index contributed by atoms with van der Waals surface area (Å²) in [5, 5.41) is 58.7. The van der Waals surface area contributed by atoms with E-state index in [-0.39, 0.29) is 83.4 Å². The Hall–Kier alpha value is -5.76. The lowest BCUT2D eigenvalue weighted by Gasteiger charge is -2.27. The topological polar surface area (TPSA) is 278 Å². The predicted molar refractivity (Wildman–Crippen MR) is 173 cm³/mol. The molecule has 0 unspecified atom stereocenters. The number of aromatic nitrogens is 2. The highest BCUT2D eigenvalue weighted by Gasteiger charge is 2.21. The van der Waals surface area contributed by atoms with Crippen LogP contribution in [-0.4, -0.2) is 167 Å². The van der Waals surface area contributed by atoms with Crippen LogP contribution in [0, 0.1) is 6.92 Å².